The molecule has 0 saturated heterocycles. The van der Waals surface area contributed by atoms with Crippen LogP contribution in [0.2, 0.25) is 0 Å². The molecule has 0 aromatic carbocycles. The van der Waals surface area contributed by atoms with Crippen LogP contribution in [0.3, 0.4) is 0 Å². The van der Waals surface area contributed by atoms with E-state index in [0.29, 0.717) is 6.42 Å². The highest BCUT2D eigenvalue weighted by atomic mass is 35.5. The van der Waals surface area contributed by atoms with Crippen molar-refractivity contribution >= 4 is 29.2 Å². The zero-order valence-electron chi connectivity index (χ0n) is 12.4. The molecule has 0 amide bonds. The summed E-state index contributed by atoms with van der Waals surface area (Å²) in [4.78, 5) is 9.79. The van der Waals surface area contributed by atoms with E-state index >= 15 is 0 Å². The predicted molar refractivity (Wildman–Crippen MR) is 89.0 cm³/mol. The summed E-state index contributed by atoms with van der Waals surface area (Å²) in [6.45, 7) is 10.8. The fourth-order valence-electron chi connectivity index (χ4n) is 1.38. The van der Waals surface area contributed by atoms with Crippen molar-refractivity contribution in [2.45, 2.75) is 43.0 Å². The first-order chi connectivity index (χ1) is 9.60. The third-order valence-electron chi connectivity index (χ3n) is 2.98. The molecule has 0 aromatic heterocycles. The molecular weight excluding hydrogens is 311 g/mol. The highest BCUT2D eigenvalue weighted by Gasteiger charge is 2.24. The highest BCUT2D eigenvalue weighted by molar-refractivity contribution is 6.34. The zero-order chi connectivity index (χ0) is 16.6. The second-order valence-electron chi connectivity index (χ2n) is 5.04. The molecule has 0 saturated carbocycles. The molecule has 0 heterocycles. The molecule has 21 heavy (non-hydrogen) atoms. The fourth-order valence-corrected chi connectivity index (χ4v) is 1.62. The monoisotopic (exact) mass is 332 g/mol. The average Bonchev–Trinajstić information content (AvgIpc) is 2.40. The SMILES string of the molecule is C=C[C@@](C)(Cl)[C@@H](Cl)/C=C/C(C)=C/C[C@@H](O)C(=C)CC(=O)O. The summed E-state index contributed by atoms with van der Waals surface area (Å²) >= 11 is 12.3. The minimum absolute atomic E-state index is 0.239. The average molecular weight is 333 g/mol. The van der Waals surface area contributed by atoms with Crippen LogP contribution in [0.5, 0.6) is 0 Å². The molecule has 0 aliphatic heterocycles. The number of halogens is 2. The van der Waals surface area contributed by atoms with Crippen LogP contribution in [0.4, 0.5) is 0 Å². The van der Waals surface area contributed by atoms with Crippen LogP contribution in [-0.4, -0.2) is 32.5 Å². The molecule has 5 heteroatoms. The molecule has 0 rings (SSSR count). The Morgan fingerprint density at radius 2 is 2.05 bits per heavy atom. The predicted octanol–water partition coefficient (Wildman–Crippen LogP) is 4.06. The summed E-state index contributed by atoms with van der Waals surface area (Å²) in [6.07, 6.45) is 6.11. The van der Waals surface area contributed by atoms with Crippen LogP contribution in [0.1, 0.15) is 26.7 Å². The number of carboxylic acids is 1. The molecular formula is C16H22Cl2O3. The number of carbonyl (C=O) groups is 1. The van der Waals surface area contributed by atoms with Gasteiger partial charge in [0.1, 0.15) is 0 Å². The molecule has 0 unspecified atom stereocenters. The second kappa shape index (κ2) is 9.08. The zero-order valence-corrected chi connectivity index (χ0v) is 13.9. The Morgan fingerprint density at radius 3 is 2.52 bits per heavy atom. The van der Waals surface area contributed by atoms with Crippen LogP contribution < -0.4 is 0 Å². The number of alkyl halides is 2. The maximum absolute atomic E-state index is 10.5. The van der Waals surface area contributed by atoms with E-state index in [1.54, 1.807) is 31.2 Å². The number of rotatable bonds is 9. The van der Waals surface area contributed by atoms with Crippen LogP contribution in [-0.2, 0) is 4.79 Å². The van der Waals surface area contributed by atoms with E-state index in [1.165, 1.54) is 0 Å². The molecule has 3 nitrogen and oxygen atoms in total. The van der Waals surface area contributed by atoms with Crippen LogP contribution in [0.15, 0.2) is 48.6 Å². The lowest BCUT2D eigenvalue weighted by atomic mass is 10.0. The lowest BCUT2D eigenvalue weighted by Crippen LogP contribution is -2.24. The van der Waals surface area contributed by atoms with Crippen molar-refractivity contribution in [1.82, 2.24) is 0 Å². The van der Waals surface area contributed by atoms with Crippen molar-refractivity contribution in [2.75, 3.05) is 0 Å². The van der Waals surface area contributed by atoms with E-state index in [9.17, 15) is 9.90 Å². The second-order valence-corrected chi connectivity index (χ2v) is 6.33. The fraction of sp³-hybridized carbons (Fsp3) is 0.438. The minimum Gasteiger partial charge on any atom is -0.481 e. The first-order valence-corrected chi connectivity index (χ1v) is 7.30. The number of carboxylic acid groups (broad SMARTS) is 1. The maximum atomic E-state index is 10.5. The third kappa shape index (κ3) is 8.10. The van der Waals surface area contributed by atoms with Crippen molar-refractivity contribution in [3.8, 4) is 0 Å². The number of hydrogen-bond acceptors (Lipinski definition) is 2. The number of aliphatic hydroxyl groups is 1. The lowest BCUT2D eigenvalue weighted by Gasteiger charge is -2.20. The van der Waals surface area contributed by atoms with E-state index in [0.717, 1.165) is 5.57 Å². The largest absolute Gasteiger partial charge is 0.481 e. The topological polar surface area (TPSA) is 57.5 Å². The normalized spacial score (nSPS) is 18.0. The maximum Gasteiger partial charge on any atom is 0.307 e. The molecule has 0 aromatic rings. The van der Waals surface area contributed by atoms with Gasteiger partial charge in [-0.1, -0.05) is 36.5 Å². The lowest BCUT2D eigenvalue weighted by molar-refractivity contribution is -0.136. The Hall–Kier alpha value is -1.03. The van der Waals surface area contributed by atoms with E-state index in [2.05, 4.69) is 13.2 Å². The van der Waals surface area contributed by atoms with Gasteiger partial charge in [-0.05, 0) is 25.8 Å². The highest BCUT2D eigenvalue weighted by Crippen LogP contribution is 2.26. The van der Waals surface area contributed by atoms with Crippen molar-refractivity contribution in [1.29, 1.82) is 0 Å². The first-order valence-electron chi connectivity index (χ1n) is 6.49. The van der Waals surface area contributed by atoms with Crippen molar-refractivity contribution in [2.24, 2.45) is 0 Å². The van der Waals surface area contributed by atoms with Gasteiger partial charge < -0.3 is 10.2 Å². The number of aliphatic hydroxyl groups excluding tert-OH is 1. The molecule has 0 aliphatic rings. The smallest absolute Gasteiger partial charge is 0.307 e. The van der Waals surface area contributed by atoms with Gasteiger partial charge in [0.25, 0.3) is 0 Å². The van der Waals surface area contributed by atoms with E-state index in [4.69, 9.17) is 28.3 Å². The standard InChI is InChI=1S/C16H22Cl2O3/c1-5-16(4,18)14(17)9-7-11(2)6-8-13(19)12(3)10-15(20)21/h5-7,9,13-14,19H,1,3,8,10H2,2,4H3,(H,20,21)/b9-7+,11-6+/t13-,14+,16-/m1/s1. The van der Waals surface area contributed by atoms with Gasteiger partial charge in [-0.15, -0.1) is 29.8 Å². The number of aliphatic carboxylic acids is 1. The Labute approximate surface area is 136 Å². The summed E-state index contributed by atoms with van der Waals surface area (Å²) in [5, 5.41) is 18.0. The van der Waals surface area contributed by atoms with Gasteiger partial charge in [0, 0.05) is 0 Å². The first kappa shape index (κ1) is 20.0. The molecule has 2 N–H and O–H groups in total. The Morgan fingerprint density at radius 1 is 1.48 bits per heavy atom. The van der Waals surface area contributed by atoms with Crippen molar-refractivity contribution in [3.63, 3.8) is 0 Å². The summed E-state index contributed by atoms with van der Waals surface area (Å²) in [6, 6.07) is 0. The minimum atomic E-state index is -1.00. The molecule has 0 fully saturated rings. The molecule has 0 radical (unpaired) electrons. The van der Waals surface area contributed by atoms with Crippen LogP contribution in [0.25, 0.3) is 0 Å². The Kier molecular flexibility index (Phi) is 8.64. The summed E-state index contributed by atoms with van der Waals surface area (Å²) in [5.41, 5.74) is 1.17. The summed E-state index contributed by atoms with van der Waals surface area (Å²) in [7, 11) is 0. The molecule has 0 bridgehead atoms. The van der Waals surface area contributed by atoms with Crippen molar-refractivity contribution < 1.29 is 15.0 Å². The van der Waals surface area contributed by atoms with E-state index in [1.807, 2.05) is 6.92 Å². The van der Waals surface area contributed by atoms with Gasteiger partial charge >= 0.3 is 5.97 Å². The third-order valence-corrected chi connectivity index (χ3v) is 4.08. The summed E-state index contributed by atoms with van der Waals surface area (Å²) < 4.78 is 0. The van der Waals surface area contributed by atoms with Gasteiger partial charge in [-0.3, -0.25) is 4.79 Å². The molecule has 0 aliphatic carbocycles. The quantitative estimate of drug-likeness (QED) is 0.380. The van der Waals surface area contributed by atoms with E-state index < -0.39 is 22.3 Å². The van der Waals surface area contributed by atoms with Gasteiger partial charge in [0.05, 0.1) is 22.8 Å². The van der Waals surface area contributed by atoms with Gasteiger partial charge in [-0.2, -0.15) is 0 Å². The van der Waals surface area contributed by atoms with Gasteiger partial charge in [0.15, 0.2) is 0 Å². The molecule has 3 atom stereocenters. The molecule has 118 valence electrons. The Bertz CT molecular complexity index is 450. The Balaban J connectivity index is 4.53. The van der Waals surface area contributed by atoms with Gasteiger partial charge in [-0.25, -0.2) is 0 Å². The summed E-state index contributed by atoms with van der Waals surface area (Å²) in [5.74, 6) is -1.00. The number of allylic oxidation sites excluding steroid dienone is 4. The van der Waals surface area contributed by atoms with Crippen molar-refractivity contribution in [3.05, 3.63) is 48.6 Å². The van der Waals surface area contributed by atoms with Crippen LogP contribution >= 0.6 is 23.2 Å². The van der Waals surface area contributed by atoms with Gasteiger partial charge in [0.2, 0.25) is 0 Å². The molecule has 0 spiro atoms. The van der Waals surface area contributed by atoms with Crippen LogP contribution in [0, 0.1) is 0 Å². The van der Waals surface area contributed by atoms with E-state index in [-0.39, 0.29) is 12.0 Å². The number of hydrogen-bond donors (Lipinski definition) is 2.